The molecule has 3 atom stereocenters. The summed E-state index contributed by atoms with van der Waals surface area (Å²) in [6, 6.07) is 0.131. The average Bonchev–Trinajstić information content (AvgIpc) is 2.25. The first-order chi connectivity index (χ1) is 8.31. The topological polar surface area (TPSA) is 73.6 Å². The maximum absolute atomic E-state index is 11.6. The summed E-state index contributed by atoms with van der Waals surface area (Å²) in [5.41, 5.74) is 5.60. The molecule has 18 heavy (non-hydrogen) atoms. The van der Waals surface area contributed by atoms with Gasteiger partial charge in [0.15, 0.2) is 0 Å². The summed E-state index contributed by atoms with van der Waals surface area (Å²) in [6.45, 7) is 6.09. The minimum Gasteiger partial charge on any atom is -0.444 e. The van der Waals surface area contributed by atoms with Crippen LogP contribution in [0.5, 0.6) is 0 Å². The molecule has 0 aromatic heterocycles. The largest absolute Gasteiger partial charge is 0.444 e. The van der Waals surface area contributed by atoms with Crippen LogP contribution in [0.2, 0.25) is 0 Å². The van der Waals surface area contributed by atoms with E-state index >= 15 is 0 Å². The van der Waals surface area contributed by atoms with E-state index in [1.165, 1.54) is 0 Å². The Morgan fingerprint density at radius 2 is 2.06 bits per heavy atom. The zero-order valence-corrected chi connectivity index (χ0v) is 11.9. The first-order valence-electron chi connectivity index (χ1n) is 6.57. The van der Waals surface area contributed by atoms with Gasteiger partial charge >= 0.3 is 6.09 Å². The number of rotatable bonds is 3. The molecule has 1 rings (SSSR count). The zero-order chi connectivity index (χ0) is 13.8. The molecule has 0 aromatic rings. The van der Waals surface area contributed by atoms with Crippen LogP contribution in [-0.4, -0.2) is 37.5 Å². The van der Waals surface area contributed by atoms with E-state index in [-0.39, 0.29) is 24.2 Å². The van der Waals surface area contributed by atoms with Crippen LogP contribution >= 0.6 is 0 Å². The number of hydrogen-bond acceptors (Lipinski definition) is 4. The van der Waals surface area contributed by atoms with Crippen molar-refractivity contribution in [2.24, 2.45) is 11.7 Å². The summed E-state index contributed by atoms with van der Waals surface area (Å²) in [7, 11) is 1.72. The highest BCUT2D eigenvalue weighted by molar-refractivity contribution is 5.67. The number of ether oxygens (including phenoxy) is 2. The molecule has 1 aliphatic rings. The van der Waals surface area contributed by atoms with Crippen molar-refractivity contribution in [2.75, 3.05) is 13.7 Å². The molecule has 106 valence electrons. The molecule has 0 aromatic carbocycles. The summed E-state index contributed by atoms with van der Waals surface area (Å²) in [5, 5.41) is 2.79. The minimum atomic E-state index is -0.464. The average molecular weight is 258 g/mol. The Hall–Kier alpha value is -0.810. The molecular formula is C13H26N2O3. The number of nitrogens with two attached hydrogens (primary N) is 1. The van der Waals surface area contributed by atoms with Gasteiger partial charge in [-0.3, -0.25) is 0 Å². The zero-order valence-electron chi connectivity index (χ0n) is 11.9. The summed E-state index contributed by atoms with van der Waals surface area (Å²) in [5.74, 6) is 0.260. The molecule has 0 spiro atoms. The van der Waals surface area contributed by atoms with Crippen molar-refractivity contribution in [1.82, 2.24) is 5.32 Å². The van der Waals surface area contributed by atoms with Gasteiger partial charge in [-0.2, -0.15) is 0 Å². The summed E-state index contributed by atoms with van der Waals surface area (Å²) in [4.78, 5) is 11.6. The van der Waals surface area contributed by atoms with Gasteiger partial charge in [-0.15, -0.1) is 0 Å². The molecule has 3 N–H and O–H groups in total. The fraction of sp³-hybridized carbons (Fsp3) is 0.923. The fourth-order valence-corrected chi connectivity index (χ4v) is 2.22. The molecule has 0 heterocycles. The lowest BCUT2D eigenvalue weighted by Gasteiger charge is -2.33. The monoisotopic (exact) mass is 258 g/mol. The summed E-state index contributed by atoms with van der Waals surface area (Å²) in [6.07, 6.45) is 2.72. The van der Waals surface area contributed by atoms with Gasteiger partial charge in [-0.1, -0.05) is 0 Å². The van der Waals surface area contributed by atoms with E-state index in [0.717, 1.165) is 19.3 Å². The van der Waals surface area contributed by atoms with Crippen molar-refractivity contribution in [3.63, 3.8) is 0 Å². The third-order valence-corrected chi connectivity index (χ3v) is 3.23. The maximum Gasteiger partial charge on any atom is 0.407 e. The van der Waals surface area contributed by atoms with Gasteiger partial charge in [0.2, 0.25) is 0 Å². The van der Waals surface area contributed by atoms with Crippen LogP contribution < -0.4 is 11.1 Å². The van der Waals surface area contributed by atoms with Crippen LogP contribution in [0, 0.1) is 5.92 Å². The second-order valence-electron chi connectivity index (χ2n) is 5.98. The molecule has 1 aliphatic carbocycles. The van der Waals surface area contributed by atoms with Crippen molar-refractivity contribution in [3.05, 3.63) is 0 Å². The predicted molar refractivity (Wildman–Crippen MR) is 70.4 cm³/mol. The van der Waals surface area contributed by atoms with Gasteiger partial charge in [0.25, 0.3) is 0 Å². The fourth-order valence-electron chi connectivity index (χ4n) is 2.22. The van der Waals surface area contributed by atoms with E-state index in [2.05, 4.69) is 5.32 Å². The summed E-state index contributed by atoms with van der Waals surface area (Å²) < 4.78 is 10.6. The van der Waals surface area contributed by atoms with E-state index in [0.29, 0.717) is 6.54 Å². The molecule has 0 bridgehead atoms. The first-order valence-corrected chi connectivity index (χ1v) is 6.57. The van der Waals surface area contributed by atoms with Crippen LogP contribution in [0.1, 0.15) is 40.0 Å². The number of carbonyl (C=O) groups is 1. The quantitative estimate of drug-likeness (QED) is 0.807. The molecular weight excluding hydrogens is 232 g/mol. The van der Waals surface area contributed by atoms with Gasteiger partial charge in [-0.25, -0.2) is 4.79 Å². The number of amides is 1. The van der Waals surface area contributed by atoms with E-state index in [9.17, 15) is 4.79 Å². The molecule has 1 saturated carbocycles. The Morgan fingerprint density at radius 1 is 1.39 bits per heavy atom. The van der Waals surface area contributed by atoms with Crippen molar-refractivity contribution in [3.8, 4) is 0 Å². The SMILES string of the molecule is CO[C@@H]1CC[C@H](N)[C@H](CNC(=O)OC(C)(C)C)C1. The highest BCUT2D eigenvalue weighted by atomic mass is 16.6. The smallest absolute Gasteiger partial charge is 0.407 e. The van der Waals surface area contributed by atoms with Crippen LogP contribution in [-0.2, 0) is 9.47 Å². The summed E-state index contributed by atoms with van der Waals surface area (Å²) >= 11 is 0. The van der Waals surface area contributed by atoms with Gasteiger partial charge in [0, 0.05) is 19.7 Å². The Labute approximate surface area is 109 Å². The lowest BCUT2D eigenvalue weighted by atomic mass is 9.83. The standard InChI is InChI=1S/C13H26N2O3/c1-13(2,3)18-12(16)15-8-9-7-10(17-4)5-6-11(9)14/h9-11H,5-8,14H2,1-4H3,(H,15,16)/t9-,10+,11-/m0/s1. The van der Waals surface area contributed by atoms with Crippen LogP contribution in [0.15, 0.2) is 0 Å². The third kappa shape index (κ3) is 5.23. The number of methoxy groups -OCH3 is 1. The van der Waals surface area contributed by atoms with Gasteiger partial charge in [-0.05, 0) is 46.0 Å². The van der Waals surface area contributed by atoms with E-state index < -0.39 is 5.60 Å². The molecule has 1 amide bonds. The second-order valence-corrected chi connectivity index (χ2v) is 5.98. The predicted octanol–water partition coefficient (Wildman–Crippen LogP) is 1.65. The van der Waals surface area contributed by atoms with Crippen molar-refractivity contribution in [2.45, 2.75) is 57.8 Å². The lowest BCUT2D eigenvalue weighted by molar-refractivity contribution is 0.0364. The molecule has 1 fully saturated rings. The van der Waals surface area contributed by atoms with Gasteiger partial charge < -0.3 is 20.5 Å². The molecule has 5 heteroatoms. The van der Waals surface area contributed by atoms with Crippen molar-refractivity contribution < 1.29 is 14.3 Å². The van der Waals surface area contributed by atoms with Crippen LogP contribution in [0.4, 0.5) is 4.79 Å². The first kappa shape index (κ1) is 15.2. The normalized spacial score (nSPS) is 28.8. The van der Waals surface area contributed by atoms with Crippen LogP contribution in [0.25, 0.3) is 0 Å². The number of nitrogens with one attached hydrogen (secondary N) is 1. The Bertz CT molecular complexity index is 276. The highest BCUT2D eigenvalue weighted by Gasteiger charge is 2.28. The molecule has 0 radical (unpaired) electrons. The second kappa shape index (κ2) is 6.38. The van der Waals surface area contributed by atoms with Gasteiger partial charge in [0.05, 0.1) is 6.10 Å². The molecule has 5 nitrogen and oxygen atoms in total. The number of hydrogen-bond donors (Lipinski definition) is 2. The minimum absolute atomic E-state index is 0.131. The van der Waals surface area contributed by atoms with Crippen molar-refractivity contribution in [1.29, 1.82) is 0 Å². The molecule has 0 saturated heterocycles. The Morgan fingerprint density at radius 3 is 2.61 bits per heavy atom. The number of alkyl carbamates (subject to hydrolysis) is 1. The lowest BCUT2D eigenvalue weighted by Crippen LogP contribution is -2.45. The van der Waals surface area contributed by atoms with E-state index in [1.807, 2.05) is 20.8 Å². The van der Waals surface area contributed by atoms with Crippen LogP contribution in [0.3, 0.4) is 0 Å². The van der Waals surface area contributed by atoms with Gasteiger partial charge in [0.1, 0.15) is 5.60 Å². The third-order valence-electron chi connectivity index (χ3n) is 3.23. The Kier molecular flexibility index (Phi) is 5.41. The van der Waals surface area contributed by atoms with E-state index in [1.54, 1.807) is 7.11 Å². The van der Waals surface area contributed by atoms with Crippen molar-refractivity contribution >= 4 is 6.09 Å². The Balaban J connectivity index is 2.35. The molecule has 0 unspecified atom stereocenters. The molecule has 0 aliphatic heterocycles. The maximum atomic E-state index is 11.6. The highest BCUT2D eigenvalue weighted by Crippen LogP contribution is 2.24. The number of carbonyl (C=O) groups excluding carboxylic acids is 1. The van der Waals surface area contributed by atoms with E-state index in [4.69, 9.17) is 15.2 Å².